The number of aromatic amines is 1. The fraction of sp³-hybridized carbons (Fsp3) is 0.571. The lowest BCUT2D eigenvalue weighted by atomic mass is 10.4. The molecule has 0 bridgehead atoms. The van der Waals surface area contributed by atoms with E-state index in [0.29, 0.717) is 0 Å². The normalized spacial score (nSPS) is 9.91. The number of nitrogens with zero attached hydrogens (tertiary/aromatic N) is 1. The van der Waals surface area contributed by atoms with Crippen LogP contribution in [0, 0.1) is 0 Å². The van der Waals surface area contributed by atoms with Gasteiger partial charge < -0.3 is 10.1 Å². The number of ether oxygens (including phenoxy) is 1. The van der Waals surface area contributed by atoms with E-state index in [9.17, 15) is 0 Å². The molecule has 0 aliphatic heterocycles. The number of hydrogen-bond donors (Lipinski definition) is 2. The summed E-state index contributed by atoms with van der Waals surface area (Å²) in [5.41, 5.74) is 1.03. The van der Waals surface area contributed by atoms with Crippen molar-refractivity contribution in [3.05, 3.63) is 12.4 Å². The number of H-pyrrole nitrogens is 1. The lowest BCUT2D eigenvalue weighted by molar-refractivity contribution is 0.198. The van der Waals surface area contributed by atoms with Crippen LogP contribution < -0.4 is 5.32 Å². The third kappa shape index (κ3) is 3.04. The molecule has 0 atom stereocenters. The molecular weight excluding hydrogens is 142 g/mol. The van der Waals surface area contributed by atoms with Crippen molar-refractivity contribution in [3.63, 3.8) is 0 Å². The first kappa shape index (κ1) is 8.07. The van der Waals surface area contributed by atoms with Crippen LogP contribution in [0.3, 0.4) is 0 Å². The molecule has 4 nitrogen and oxygen atoms in total. The van der Waals surface area contributed by atoms with Crippen molar-refractivity contribution >= 4 is 5.69 Å². The average Bonchev–Trinajstić information content (AvgIpc) is 2.50. The largest absolute Gasteiger partial charge is 0.385 e. The summed E-state index contributed by atoms with van der Waals surface area (Å²) < 4.78 is 4.90. The van der Waals surface area contributed by atoms with Gasteiger partial charge in [0.15, 0.2) is 0 Å². The van der Waals surface area contributed by atoms with Gasteiger partial charge in [0, 0.05) is 26.5 Å². The number of rotatable bonds is 5. The monoisotopic (exact) mass is 155 g/mol. The van der Waals surface area contributed by atoms with Crippen LogP contribution >= 0.6 is 0 Å². The average molecular weight is 155 g/mol. The van der Waals surface area contributed by atoms with Gasteiger partial charge in [-0.2, -0.15) is 5.10 Å². The van der Waals surface area contributed by atoms with E-state index in [0.717, 1.165) is 25.3 Å². The maximum absolute atomic E-state index is 4.90. The Morgan fingerprint density at radius 3 is 3.27 bits per heavy atom. The van der Waals surface area contributed by atoms with Crippen LogP contribution in [-0.4, -0.2) is 30.5 Å². The molecule has 1 rings (SSSR count). The highest BCUT2D eigenvalue weighted by molar-refractivity contribution is 5.37. The third-order valence-corrected chi connectivity index (χ3v) is 1.35. The summed E-state index contributed by atoms with van der Waals surface area (Å²) in [6, 6.07) is 0. The maximum Gasteiger partial charge on any atom is 0.0723 e. The third-order valence-electron chi connectivity index (χ3n) is 1.35. The van der Waals surface area contributed by atoms with E-state index in [4.69, 9.17) is 4.74 Å². The summed E-state index contributed by atoms with van der Waals surface area (Å²) in [5, 5.41) is 9.71. The van der Waals surface area contributed by atoms with Gasteiger partial charge in [0.25, 0.3) is 0 Å². The SMILES string of the molecule is COCCCNc1cn[nH]c1. The van der Waals surface area contributed by atoms with Gasteiger partial charge in [-0.15, -0.1) is 0 Å². The topological polar surface area (TPSA) is 49.9 Å². The Labute approximate surface area is 66.0 Å². The van der Waals surface area contributed by atoms with Crippen molar-refractivity contribution in [3.8, 4) is 0 Å². The molecule has 1 aromatic rings. The number of hydrogen-bond acceptors (Lipinski definition) is 3. The summed E-state index contributed by atoms with van der Waals surface area (Å²) in [7, 11) is 1.71. The van der Waals surface area contributed by atoms with E-state index >= 15 is 0 Å². The van der Waals surface area contributed by atoms with Crippen LogP contribution in [0.25, 0.3) is 0 Å². The molecule has 62 valence electrons. The Balaban J connectivity index is 2.04. The molecule has 0 amide bonds. The fourth-order valence-electron chi connectivity index (χ4n) is 0.797. The van der Waals surface area contributed by atoms with Crippen molar-refractivity contribution < 1.29 is 4.74 Å². The Bertz CT molecular complexity index is 174. The summed E-state index contributed by atoms with van der Waals surface area (Å²) in [6.45, 7) is 1.72. The molecule has 4 heteroatoms. The van der Waals surface area contributed by atoms with Crippen molar-refractivity contribution in [1.82, 2.24) is 10.2 Å². The van der Waals surface area contributed by atoms with Gasteiger partial charge in [-0.25, -0.2) is 0 Å². The molecule has 0 saturated heterocycles. The van der Waals surface area contributed by atoms with Crippen LogP contribution in [0.5, 0.6) is 0 Å². The minimum absolute atomic E-state index is 0.796. The summed E-state index contributed by atoms with van der Waals surface area (Å²) in [4.78, 5) is 0. The molecule has 0 fully saturated rings. The number of methoxy groups -OCH3 is 1. The second-order valence-corrected chi connectivity index (χ2v) is 2.26. The molecule has 1 heterocycles. The van der Waals surface area contributed by atoms with E-state index in [1.165, 1.54) is 0 Å². The van der Waals surface area contributed by atoms with Gasteiger partial charge in [-0.05, 0) is 6.42 Å². The first-order valence-electron chi connectivity index (χ1n) is 3.65. The van der Waals surface area contributed by atoms with Crippen LogP contribution in [0.4, 0.5) is 5.69 Å². The summed E-state index contributed by atoms with van der Waals surface area (Å²) >= 11 is 0. The second kappa shape index (κ2) is 4.73. The van der Waals surface area contributed by atoms with Gasteiger partial charge in [0.05, 0.1) is 11.9 Å². The van der Waals surface area contributed by atoms with Gasteiger partial charge in [-0.1, -0.05) is 0 Å². The molecule has 0 radical (unpaired) electrons. The highest BCUT2D eigenvalue weighted by Crippen LogP contribution is 1.99. The van der Waals surface area contributed by atoms with Crippen molar-refractivity contribution in [2.45, 2.75) is 6.42 Å². The highest BCUT2D eigenvalue weighted by Gasteiger charge is 1.90. The predicted molar refractivity (Wildman–Crippen MR) is 43.6 cm³/mol. The zero-order valence-corrected chi connectivity index (χ0v) is 6.63. The second-order valence-electron chi connectivity index (χ2n) is 2.26. The van der Waals surface area contributed by atoms with Crippen LogP contribution in [-0.2, 0) is 4.74 Å². The van der Waals surface area contributed by atoms with Gasteiger partial charge in [-0.3, -0.25) is 5.10 Å². The molecule has 0 spiro atoms. The lowest BCUT2D eigenvalue weighted by Gasteiger charge is -2.00. The molecule has 0 saturated carbocycles. The van der Waals surface area contributed by atoms with E-state index in [2.05, 4.69) is 15.5 Å². The van der Waals surface area contributed by atoms with Crippen molar-refractivity contribution in [2.24, 2.45) is 0 Å². The fourth-order valence-corrected chi connectivity index (χ4v) is 0.797. The molecule has 0 aliphatic carbocycles. The molecule has 0 aromatic carbocycles. The van der Waals surface area contributed by atoms with Crippen LogP contribution in [0.2, 0.25) is 0 Å². The van der Waals surface area contributed by atoms with Gasteiger partial charge in [0.2, 0.25) is 0 Å². The Morgan fingerprint density at radius 2 is 2.64 bits per heavy atom. The lowest BCUT2D eigenvalue weighted by Crippen LogP contribution is -2.03. The highest BCUT2D eigenvalue weighted by atomic mass is 16.5. The minimum Gasteiger partial charge on any atom is -0.385 e. The van der Waals surface area contributed by atoms with E-state index in [-0.39, 0.29) is 0 Å². The zero-order valence-electron chi connectivity index (χ0n) is 6.63. The smallest absolute Gasteiger partial charge is 0.0723 e. The molecule has 2 N–H and O–H groups in total. The molecule has 11 heavy (non-hydrogen) atoms. The summed E-state index contributed by atoms with van der Waals surface area (Å²) in [5.74, 6) is 0. The quantitative estimate of drug-likeness (QED) is 0.620. The molecule has 1 aromatic heterocycles. The molecular formula is C7H13N3O. The molecule has 0 unspecified atom stereocenters. The maximum atomic E-state index is 4.90. The Morgan fingerprint density at radius 1 is 1.73 bits per heavy atom. The minimum atomic E-state index is 0.796. The van der Waals surface area contributed by atoms with Crippen molar-refractivity contribution in [2.75, 3.05) is 25.6 Å². The van der Waals surface area contributed by atoms with Crippen LogP contribution in [0.1, 0.15) is 6.42 Å². The zero-order chi connectivity index (χ0) is 7.94. The first-order valence-corrected chi connectivity index (χ1v) is 3.65. The van der Waals surface area contributed by atoms with Crippen molar-refractivity contribution in [1.29, 1.82) is 0 Å². The Hall–Kier alpha value is -1.03. The summed E-state index contributed by atoms with van der Waals surface area (Å²) in [6.07, 6.45) is 4.60. The van der Waals surface area contributed by atoms with E-state index in [1.807, 2.05) is 6.20 Å². The van der Waals surface area contributed by atoms with Gasteiger partial charge >= 0.3 is 0 Å². The Kier molecular flexibility index (Phi) is 3.47. The predicted octanol–water partition coefficient (Wildman–Crippen LogP) is 0.858. The van der Waals surface area contributed by atoms with Crippen LogP contribution in [0.15, 0.2) is 12.4 Å². The van der Waals surface area contributed by atoms with Gasteiger partial charge in [0.1, 0.15) is 0 Å². The number of aromatic nitrogens is 2. The van der Waals surface area contributed by atoms with E-state index < -0.39 is 0 Å². The van der Waals surface area contributed by atoms with E-state index in [1.54, 1.807) is 13.3 Å². The first-order chi connectivity index (χ1) is 5.43. The molecule has 0 aliphatic rings. The number of anilines is 1. The standard InChI is InChI=1S/C7H13N3O/c1-11-4-2-3-8-7-5-9-10-6-7/h5-6,8H,2-4H2,1H3,(H,9,10). The number of nitrogens with one attached hydrogen (secondary N) is 2.